The Morgan fingerprint density at radius 1 is 0.714 bits per heavy atom. The molecule has 0 bridgehead atoms. The summed E-state index contributed by atoms with van der Waals surface area (Å²) in [7, 11) is -4.03. The van der Waals surface area contributed by atoms with Crippen molar-refractivity contribution in [2.45, 2.75) is 18.8 Å². The third kappa shape index (κ3) is 2.82. The minimum absolute atomic E-state index is 0.726. The second-order valence-electron chi connectivity index (χ2n) is 3.70. The van der Waals surface area contributed by atoms with Gasteiger partial charge in [0.2, 0.25) is 5.82 Å². The summed E-state index contributed by atoms with van der Waals surface area (Å²) in [6, 6.07) is 0. The van der Waals surface area contributed by atoms with Gasteiger partial charge in [-0.15, -0.1) is 0 Å². The fraction of sp³-hybridized carbons (Fsp3) is 0.400. The minimum atomic E-state index is -6.19. The number of benzene rings is 1. The monoisotopic (exact) mass is 346 g/mol. The molecule has 0 amide bonds. The lowest BCUT2D eigenvalue weighted by atomic mass is 10.3. The minimum Gasteiger partial charge on any atom is -0.203 e. The predicted molar refractivity (Wildman–Crippen MR) is 54.3 cm³/mol. The van der Waals surface area contributed by atoms with Gasteiger partial charge in [-0.25, -0.2) is 22.0 Å². The molecule has 1 unspecified atom stereocenters. The van der Waals surface area contributed by atoms with E-state index in [0.29, 0.717) is 0 Å². The zero-order chi connectivity index (χ0) is 16.7. The van der Waals surface area contributed by atoms with E-state index in [2.05, 4.69) is 0 Å². The highest BCUT2D eigenvalue weighted by Gasteiger charge is 2.63. The lowest BCUT2D eigenvalue weighted by molar-refractivity contribution is -0.240. The van der Waals surface area contributed by atoms with Crippen molar-refractivity contribution in [3.05, 3.63) is 29.1 Å². The molecule has 0 spiro atoms. The van der Waals surface area contributed by atoms with Crippen molar-refractivity contribution in [2.24, 2.45) is 0 Å². The summed E-state index contributed by atoms with van der Waals surface area (Å²) in [5.41, 5.74) is -5.60. The van der Waals surface area contributed by atoms with Crippen molar-refractivity contribution < 1.29 is 43.9 Å². The van der Waals surface area contributed by atoms with Gasteiger partial charge < -0.3 is 0 Å². The summed E-state index contributed by atoms with van der Waals surface area (Å²) in [6.07, 6.45) is -7.32. The maximum absolute atomic E-state index is 13.4. The Morgan fingerprint density at radius 2 is 1.05 bits per heavy atom. The lowest BCUT2D eigenvalue weighted by Crippen LogP contribution is -2.39. The first kappa shape index (κ1) is 18.0. The molecule has 0 saturated carbocycles. The molecule has 1 rings (SSSR count). The normalized spacial score (nSPS) is 14.4. The maximum Gasteiger partial charge on any atom is 0.457 e. The summed E-state index contributed by atoms with van der Waals surface area (Å²) >= 11 is 0. The molecule has 0 saturated heterocycles. The molecule has 21 heavy (non-hydrogen) atoms. The molecule has 120 valence electrons. The zero-order valence-corrected chi connectivity index (χ0v) is 10.8. The first-order valence-electron chi connectivity index (χ1n) is 5.11. The van der Waals surface area contributed by atoms with Gasteiger partial charge in [0.25, 0.3) is 0 Å². The van der Waals surface area contributed by atoms with Crippen molar-refractivity contribution in [1.29, 1.82) is 0 Å². The van der Waals surface area contributed by atoms with E-state index >= 15 is 0 Å². The maximum atomic E-state index is 13.4. The first-order valence-corrected chi connectivity index (χ1v) is 6.64. The van der Waals surface area contributed by atoms with E-state index in [0.717, 1.165) is 6.92 Å². The zero-order valence-electron chi connectivity index (χ0n) is 9.93. The molecule has 0 fully saturated rings. The Balaban J connectivity index is 3.65. The molecule has 0 aromatic heterocycles. The van der Waals surface area contributed by atoms with Crippen LogP contribution in [0.25, 0.3) is 0 Å². The van der Waals surface area contributed by atoms with Crippen LogP contribution in [0, 0.1) is 29.1 Å². The van der Waals surface area contributed by atoms with Crippen LogP contribution in [0.4, 0.5) is 43.9 Å². The standard InChI is InChI=1S/C10H5F10P/c1-2-21(10(19,20)9(16,17)18)8-6(14)4(12)3(11)5(13)7(8)15/h2H2,1H3. The molecule has 0 aliphatic rings. The van der Waals surface area contributed by atoms with Gasteiger partial charge in [0, 0.05) is 7.92 Å². The van der Waals surface area contributed by atoms with Crippen LogP contribution in [0.15, 0.2) is 0 Å². The number of hydrogen-bond acceptors (Lipinski definition) is 0. The van der Waals surface area contributed by atoms with Crippen LogP contribution in [0.5, 0.6) is 0 Å². The Hall–Kier alpha value is -1.05. The van der Waals surface area contributed by atoms with Crippen LogP contribution in [-0.2, 0) is 0 Å². The Labute approximate surface area is 112 Å². The summed E-state index contributed by atoms with van der Waals surface area (Å²) < 4.78 is 129. The van der Waals surface area contributed by atoms with Crippen molar-refractivity contribution >= 4 is 13.2 Å². The van der Waals surface area contributed by atoms with E-state index < -0.39 is 60.3 Å². The molecule has 1 aromatic rings. The topological polar surface area (TPSA) is 0 Å². The summed E-state index contributed by atoms with van der Waals surface area (Å²) in [5, 5.41) is -2.12. The van der Waals surface area contributed by atoms with E-state index in [-0.39, 0.29) is 0 Å². The number of rotatable bonds is 3. The van der Waals surface area contributed by atoms with Crippen LogP contribution < -0.4 is 5.30 Å². The molecule has 1 atom stereocenters. The van der Waals surface area contributed by atoms with Gasteiger partial charge >= 0.3 is 11.8 Å². The summed E-state index contributed by atoms with van der Waals surface area (Å²) in [4.78, 5) is 0. The Morgan fingerprint density at radius 3 is 1.33 bits per heavy atom. The van der Waals surface area contributed by atoms with Crippen molar-refractivity contribution in [2.75, 3.05) is 6.16 Å². The molecular weight excluding hydrogens is 341 g/mol. The van der Waals surface area contributed by atoms with Gasteiger partial charge in [0.1, 0.15) is 0 Å². The molecule has 1 aromatic carbocycles. The van der Waals surface area contributed by atoms with Crippen LogP contribution >= 0.6 is 7.92 Å². The van der Waals surface area contributed by atoms with Gasteiger partial charge in [0.15, 0.2) is 23.3 Å². The fourth-order valence-corrected chi connectivity index (χ4v) is 3.45. The van der Waals surface area contributed by atoms with E-state index in [9.17, 15) is 43.9 Å². The molecule has 0 N–H and O–H groups in total. The second-order valence-corrected chi connectivity index (χ2v) is 6.20. The number of alkyl halides is 5. The molecule has 0 aliphatic carbocycles. The summed E-state index contributed by atoms with van der Waals surface area (Å²) in [6.45, 7) is 0.726. The highest BCUT2D eigenvalue weighted by molar-refractivity contribution is 7.66. The van der Waals surface area contributed by atoms with Gasteiger partial charge in [-0.05, 0) is 6.16 Å². The van der Waals surface area contributed by atoms with Gasteiger partial charge in [-0.2, -0.15) is 22.0 Å². The average molecular weight is 346 g/mol. The average Bonchev–Trinajstić information content (AvgIpc) is 2.37. The fourth-order valence-electron chi connectivity index (χ4n) is 1.48. The molecule has 0 heterocycles. The van der Waals surface area contributed by atoms with Crippen molar-refractivity contribution in [1.82, 2.24) is 0 Å². The quantitative estimate of drug-likeness (QED) is 0.323. The summed E-state index contributed by atoms with van der Waals surface area (Å²) in [5.74, 6) is -13.1. The van der Waals surface area contributed by atoms with Crippen LogP contribution in [-0.4, -0.2) is 18.0 Å². The molecule has 0 nitrogen and oxygen atoms in total. The van der Waals surface area contributed by atoms with E-state index in [1.165, 1.54) is 0 Å². The first-order chi connectivity index (χ1) is 9.37. The van der Waals surface area contributed by atoms with Gasteiger partial charge in [-0.3, -0.25) is 0 Å². The SMILES string of the molecule is CCP(c1c(F)c(F)c(F)c(F)c1F)C(F)(F)C(F)(F)F. The third-order valence-corrected chi connectivity index (χ3v) is 4.95. The highest BCUT2D eigenvalue weighted by Crippen LogP contribution is 2.59. The third-order valence-electron chi connectivity index (χ3n) is 2.45. The van der Waals surface area contributed by atoms with E-state index in [1.54, 1.807) is 0 Å². The Bertz CT molecular complexity index is 521. The van der Waals surface area contributed by atoms with Crippen molar-refractivity contribution in [3.8, 4) is 0 Å². The molecule has 0 aliphatic heterocycles. The smallest absolute Gasteiger partial charge is 0.203 e. The molecule has 11 heteroatoms. The molecular formula is C10H5F10P. The highest BCUT2D eigenvalue weighted by atomic mass is 31.1. The number of halogens is 10. The largest absolute Gasteiger partial charge is 0.457 e. The van der Waals surface area contributed by atoms with Gasteiger partial charge in [-0.1, -0.05) is 6.92 Å². The Kier molecular flexibility index (Phi) is 4.82. The van der Waals surface area contributed by atoms with Crippen molar-refractivity contribution in [3.63, 3.8) is 0 Å². The van der Waals surface area contributed by atoms with E-state index in [1.807, 2.05) is 0 Å². The predicted octanol–water partition coefficient (Wildman–Crippen LogP) is 4.66. The lowest BCUT2D eigenvalue weighted by Gasteiger charge is -2.29. The van der Waals surface area contributed by atoms with Crippen LogP contribution in [0.1, 0.15) is 6.92 Å². The van der Waals surface area contributed by atoms with Crippen LogP contribution in [0.3, 0.4) is 0 Å². The molecule has 0 radical (unpaired) electrons. The van der Waals surface area contributed by atoms with Crippen LogP contribution in [0.2, 0.25) is 0 Å². The number of hydrogen-bond donors (Lipinski definition) is 0. The second kappa shape index (κ2) is 5.62. The van der Waals surface area contributed by atoms with Gasteiger partial charge in [0.05, 0.1) is 5.30 Å². The van der Waals surface area contributed by atoms with E-state index in [4.69, 9.17) is 0 Å².